The summed E-state index contributed by atoms with van der Waals surface area (Å²) < 4.78 is 39.4. The number of nitrogens with zero attached hydrogens (tertiary/aromatic N) is 2. The Bertz CT molecular complexity index is 986. The van der Waals surface area contributed by atoms with Gasteiger partial charge in [0.05, 0.1) is 19.9 Å². The van der Waals surface area contributed by atoms with Gasteiger partial charge >= 0.3 is 0 Å². The van der Waals surface area contributed by atoms with Crippen LogP contribution in [0, 0.1) is 25.5 Å². The van der Waals surface area contributed by atoms with E-state index >= 15 is 0 Å². The van der Waals surface area contributed by atoms with E-state index in [0.29, 0.717) is 24.6 Å². The van der Waals surface area contributed by atoms with Crippen molar-refractivity contribution in [3.05, 3.63) is 70.5 Å². The Labute approximate surface area is 162 Å². The summed E-state index contributed by atoms with van der Waals surface area (Å²) >= 11 is 0. The van der Waals surface area contributed by atoms with Crippen molar-refractivity contribution in [3.8, 4) is 17.2 Å². The summed E-state index contributed by atoms with van der Waals surface area (Å²) in [4.78, 5) is 0. The summed E-state index contributed by atoms with van der Waals surface area (Å²) in [6.45, 7) is 4.93. The highest BCUT2D eigenvalue weighted by Crippen LogP contribution is 2.27. The first-order valence-electron chi connectivity index (χ1n) is 8.86. The monoisotopic (exact) mass is 387 g/mol. The fourth-order valence-electron chi connectivity index (χ4n) is 3.14. The molecule has 3 rings (SSSR count). The summed E-state index contributed by atoms with van der Waals surface area (Å²) in [6.07, 6.45) is 0. The Balaban J connectivity index is 1.74. The molecule has 0 aliphatic rings. The molecule has 0 bridgehead atoms. The van der Waals surface area contributed by atoms with Crippen molar-refractivity contribution in [3.63, 3.8) is 0 Å². The number of halogens is 2. The lowest BCUT2D eigenvalue weighted by molar-refractivity contribution is 0.354. The highest BCUT2D eigenvalue weighted by Gasteiger charge is 2.15. The molecular formula is C21H23F2N3O2. The summed E-state index contributed by atoms with van der Waals surface area (Å²) in [5.41, 5.74) is 3.85. The summed E-state index contributed by atoms with van der Waals surface area (Å²) in [7, 11) is 3.20. The molecule has 3 aromatic rings. The van der Waals surface area contributed by atoms with Gasteiger partial charge in [-0.15, -0.1) is 0 Å². The lowest BCUT2D eigenvalue weighted by Gasteiger charge is -2.11. The van der Waals surface area contributed by atoms with Crippen molar-refractivity contribution in [2.24, 2.45) is 0 Å². The van der Waals surface area contributed by atoms with E-state index in [1.165, 1.54) is 16.8 Å². The van der Waals surface area contributed by atoms with E-state index in [1.807, 2.05) is 32.0 Å². The fourth-order valence-corrected chi connectivity index (χ4v) is 3.14. The molecule has 0 radical (unpaired) electrons. The van der Waals surface area contributed by atoms with Crippen molar-refractivity contribution < 1.29 is 18.3 Å². The van der Waals surface area contributed by atoms with Gasteiger partial charge in [0.15, 0.2) is 17.3 Å². The molecule has 148 valence electrons. The van der Waals surface area contributed by atoms with Gasteiger partial charge in [-0.25, -0.2) is 13.5 Å². The molecule has 0 fully saturated rings. The molecule has 2 aromatic carbocycles. The highest BCUT2D eigenvalue weighted by atomic mass is 19.1. The third-order valence-corrected chi connectivity index (χ3v) is 4.66. The lowest BCUT2D eigenvalue weighted by Crippen LogP contribution is -2.14. The number of aryl methyl sites for hydroxylation is 1. The van der Waals surface area contributed by atoms with E-state index in [1.54, 1.807) is 14.2 Å². The zero-order valence-electron chi connectivity index (χ0n) is 16.3. The second-order valence-electron chi connectivity index (χ2n) is 6.45. The Hall–Kier alpha value is -2.93. The van der Waals surface area contributed by atoms with Crippen LogP contribution in [0.1, 0.15) is 22.5 Å². The standard InChI is InChI=1S/C21H23F2N3O2/c1-13-17(12-24-11-15-5-8-20(27-3)21(9-15)28-4)14(2)26(25-13)19-7-6-16(22)10-18(19)23/h5-10,24H,11-12H2,1-4H3. The molecule has 5 nitrogen and oxygen atoms in total. The van der Waals surface area contributed by atoms with Gasteiger partial charge in [0.2, 0.25) is 0 Å². The average molecular weight is 387 g/mol. The molecule has 0 aliphatic heterocycles. The normalized spacial score (nSPS) is 10.9. The zero-order chi connectivity index (χ0) is 20.3. The number of ether oxygens (including phenoxy) is 2. The summed E-state index contributed by atoms with van der Waals surface area (Å²) in [5, 5.41) is 7.80. The van der Waals surface area contributed by atoms with Crippen LogP contribution >= 0.6 is 0 Å². The summed E-state index contributed by atoms with van der Waals surface area (Å²) in [6, 6.07) is 9.23. The molecule has 28 heavy (non-hydrogen) atoms. The molecule has 1 heterocycles. The van der Waals surface area contributed by atoms with Gasteiger partial charge in [-0.2, -0.15) is 5.10 Å². The number of rotatable bonds is 7. The predicted octanol–water partition coefficient (Wildman–Crippen LogP) is 4.07. The van der Waals surface area contributed by atoms with Gasteiger partial charge in [-0.05, 0) is 43.7 Å². The Kier molecular flexibility index (Phi) is 5.94. The maximum absolute atomic E-state index is 14.1. The second-order valence-corrected chi connectivity index (χ2v) is 6.45. The van der Waals surface area contributed by atoms with Crippen LogP contribution in [0.15, 0.2) is 36.4 Å². The Morgan fingerprint density at radius 2 is 1.71 bits per heavy atom. The van der Waals surface area contributed by atoms with E-state index in [4.69, 9.17) is 9.47 Å². The van der Waals surface area contributed by atoms with E-state index in [9.17, 15) is 8.78 Å². The molecule has 1 aromatic heterocycles. The van der Waals surface area contributed by atoms with Crippen molar-refractivity contribution in [2.75, 3.05) is 14.2 Å². The number of hydrogen-bond acceptors (Lipinski definition) is 4. The second kappa shape index (κ2) is 8.39. The lowest BCUT2D eigenvalue weighted by atomic mass is 10.1. The maximum Gasteiger partial charge on any atom is 0.161 e. The van der Waals surface area contributed by atoms with E-state index in [-0.39, 0.29) is 5.69 Å². The van der Waals surface area contributed by atoms with Gasteiger partial charge in [-0.1, -0.05) is 6.07 Å². The number of aromatic nitrogens is 2. The van der Waals surface area contributed by atoms with E-state index < -0.39 is 11.6 Å². The Morgan fingerprint density at radius 3 is 2.39 bits per heavy atom. The molecule has 7 heteroatoms. The fraction of sp³-hybridized carbons (Fsp3) is 0.286. The van der Waals surface area contributed by atoms with Gasteiger partial charge in [-0.3, -0.25) is 0 Å². The topological polar surface area (TPSA) is 48.3 Å². The molecular weight excluding hydrogens is 364 g/mol. The van der Waals surface area contributed by atoms with Gasteiger partial charge in [0.25, 0.3) is 0 Å². The van der Waals surface area contributed by atoms with E-state index in [2.05, 4.69) is 10.4 Å². The molecule has 0 saturated carbocycles. The van der Waals surface area contributed by atoms with Gasteiger partial charge in [0, 0.05) is 30.4 Å². The highest BCUT2D eigenvalue weighted by molar-refractivity contribution is 5.43. The van der Waals surface area contributed by atoms with E-state index in [0.717, 1.165) is 28.6 Å². The van der Waals surface area contributed by atoms with Crippen LogP contribution in [-0.2, 0) is 13.1 Å². The van der Waals surface area contributed by atoms with Gasteiger partial charge < -0.3 is 14.8 Å². The molecule has 0 atom stereocenters. The van der Waals surface area contributed by atoms with Crippen LogP contribution in [0.25, 0.3) is 5.69 Å². The first-order chi connectivity index (χ1) is 13.4. The first kappa shape index (κ1) is 19.8. The molecule has 1 N–H and O–H groups in total. The van der Waals surface area contributed by atoms with Crippen LogP contribution in [0.2, 0.25) is 0 Å². The first-order valence-corrected chi connectivity index (χ1v) is 8.86. The van der Waals surface area contributed by atoms with Crippen molar-refractivity contribution >= 4 is 0 Å². The third kappa shape index (κ3) is 3.99. The minimum atomic E-state index is -0.643. The SMILES string of the molecule is COc1ccc(CNCc2c(C)nn(-c3ccc(F)cc3F)c2C)cc1OC. The zero-order valence-corrected chi connectivity index (χ0v) is 16.3. The number of benzene rings is 2. The van der Waals surface area contributed by atoms with Crippen LogP contribution in [0.3, 0.4) is 0 Å². The number of nitrogens with one attached hydrogen (secondary N) is 1. The largest absolute Gasteiger partial charge is 0.493 e. The van der Waals surface area contributed by atoms with Crippen LogP contribution < -0.4 is 14.8 Å². The minimum Gasteiger partial charge on any atom is -0.493 e. The van der Waals surface area contributed by atoms with Crippen molar-refractivity contribution in [2.45, 2.75) is 26.9 Å². The molecule has 0 amide bonds. The van der Waals surface area contributed by atoms with Crippen molar-refractivity contribution in [1.29, 1.82) is 0 Å². The maximum atomic E-state index is 14.1. The smallest absolute Gasteiger partial charge is 0.161 e. The quantitative estimate of drug-likeness (QED) is 0.664. The van der Waals surface area contributed by atoms with Crippen LogP contribution in [-0.4, -0.2) is 24.0 Å². The number of hydrogen-bond donors (Lipinski definition) is 1. The predicted molar refractivity (Wildman–Crippen MR) is 103 cm³/mol. The van der Waals surface area contributed by atoms with Gasteiger partial charge in [0.1, 0.15) is 11.5 Å². The van der Waals surface area contributed by atoms with Crippen LogP contribution in [0.4, 0.5) is 8.78 Å². The summed E-state index contributed by atoms with van der Waals surface area (Å²) in [5.74, 6) is 0.101. The molecule has 0 aliphatic carbocycles. The average Bonchev–Trinajstić information content (AvgIpc) is 2.96. The Morgan fingerprint density at radius 1 is 0.964 bits per heavy atom. The van der Waals surface area contributed by atoms with Crippen LogP contribution in [0.5, 0.6) is 11.5 Å². The molecule has 0 saturated heterocycles. The molecule has 0 spiro atoms. The molecule has 0 unspecified atom stereocenters. The number of methoxy groups -OCH3 is 2. The van der Waals surface area contributed by atoms with Crippen molar-refractivity contribution in [1.82, 2.24) is 15.1 Å². The minimum absolute atomic E-state index is 0.230. The third-order valence-electron chi connectivity index (χ3n) is 4.66.